The van der Waals surface area contributed by atoms with Crippen molar-refractivity contribution in [1.29, 1.82) is 0 Å². The number of piperazine rings is 1. The lowest BCUT2D eigenvalue weighted by Crippen LogP contribution is -2.43. The molecular weight excluding hydrogens is 188 g/mol. The molecule has 1 aliphatic rings. The molecule has 3 nitrogen and oxygen atoms in total. The third-order valence-corrected chi connectivity index (χ3v) is 2.83. The van der Waals surface area contributed by atoms with Gasteiger partial charge in [-0.3, -0.25) is 0 Å². The largest absolute Gasteiger partial charge is 0.396 e. The van der Waals surface area contributed by atoms with E-state index in [4.69, 9.17) is 5.11 Å². The summed E-state index contributed by atoms with van der Waals surface area (Å²) in [7, 11) is 0. The molecule has 0 spiro atoms. The van der Waals surface area contributed by atoms with Crippen molar-refractivity contribution in [1.82, 2.24) is 5.32 Å². The summed E-state index contributed by atoms with van der Waals surface area (Å²) in [5.74, 6) is 0. The van der Waals surface area contributed by atoms with E-state index in [0.29, 0.717) is 0 Å². The summed E-state index contributed by atoms with van der Waals surface area (Å²) in [4.78, 5) is 2.39. The van der Waals surface area contributed by atoms with Crippen LogP contribution in [0, 0.1) is 0 Å². The zero-order chi connectivity index (χ0) is 10.5. The Kier molecular flexibility index (Phi) is 3.59. The molecule has 3 heteroatoms. The summed E-state index contributed by atoms with van der Waals surface area (Å²) in [6, 6.07) is 8.36. The Bertz CT molecular complexity index is 308. The molecule has 1 heterocycles. The predicted molar refractivity (Wildman–Crippen MR) is 62.3 cm³/mol. The van der Waals surface area contributed by atoms with Gasteiger partial charge in [0.25, 0.3) is 0 Å². The minimum Gasteiger partial charge on any atom is -0.396 e. The summed E-state index contributed by atoms with van der Waals surface area (Å²) in [6.45, 7) is 4.44. The SMILES string of the molecule is OCCc1ccccc1N1CCNCC1. The van der Waals surface area contributed by atoms with Crippen LogP contribution in [0.5, 0.6) is 0 Å². The number of nitrogens with zero attached hydrogens (tertiary/aromatic N) is 1. The highest BCUT2D eigenvalue weighted by atomic mass is 16.2. The van der Waals surface area contributed by atoms with Gasteiger partial charge in [0.1, 0.15) is 0 Å². The Hall–Kier alpha value is -1.06. The molecule has 1 aromatic carbocycles. The van der Waals surface area contributed by atoms with E-state index in [1.165, 1.54) is 11.3 Å². The van der Waals surface area contributed by atoms with E-state index in [9.17, 15) is 0 Å². The first-order chi connectivity index (χ1) is 7.42. The Morgan fingerprint density at radius 2 is 1.93 bits per heavy atom. The molecule has 1 aromatic rings. The van der Waals surface area contributed by atoms with Crippen LogP contribution >= 0.6 is 0 Å². The van der Waals surface area contributed by atoms with Gasteiger partial charge in [-0.05, 0) is 18.1 Å². The molecule has 0 bridgehead atoms. The van der Waals surface area contributed by atoms with E-state index in [0.717, 1.165) is 32.6 Å². The summed E-state index contributed by atoms with van der Waals surface area (Å²) in [5, 5.41) is 12.4. The van der Waals surface area contributed by atoms with Gasteiger partial charge in [-0.1, -0.05) is 18.2 Å². The van der Waals surface area contributed by atoms with Crippen LogP contribution in [-0.4, -0.2) is 37.9 Å². The lowest BCUT2D eigenvalue weighted by molar-refractivity contribution is 0.299. The van der Waals surface area contributed by atoms with Gasteiger partial charge in [0, 0.05) is 38.5 Å². The standard InChI is InChI=1S/C12H18N2O/c15-10-5-11-3-1-2-4-12(11)14-8-6-13-7-9-14/h1-4,13,15H,5-10H2. The van der Waals surface area contributed by atoms with Crippen molar-refractivity contribution in [3.8, 4) is 0 Å². The first-order valence-electron chi connectivity index (χ1n) is 5.56. The van der Waals surface area contributed by atoms with Gasteiger partial charge in [-0.15, -0.1) is 0 Å². The van der Waals surface area contributed by atoms with Crippen molar-refractivity contribution in [3.05, 3.63) is 29.8 Å². The zero-order valence-electron chi connectivity index (χ0n) is 8.95. The van der Waals surface area contributed by atoms with Crippen molar-refractivity contribution >= 4 is 5.69 Å². The molecule has 82 valence electrons. The second kappa shape index (κ2) is 5.14. The third kappa shape index (κ3) is 2.49. The first kappa shape index (κ1) is 10.5. The first-order valence-corrected chi connectivity index (χ1v) is 5.56. The number of para-hydroxylation sites is 1. The molecule has 1 fully saturated rings. The van der Waals surface area contributed by atoms with E-state index in [1.807, 2.05) is 6.07 Å². The fourth-order valence-corrected chi connectivity index (χ4v) is 2.06. The molecule has 0 atom stereocenters. The van der Waals surface area contributed by atoms with E-state index in [2.05, 4.69) is 28.4 Å². The molecule has 0 radical (unpaired) electrons. The highest BCUT2D eigenvalue weighted by molar-refractivity contribution is 5.54. The molecule has 0 saturated carbocycles. The van der Waals surface area contributed by atoms with E-state index < -0.39 is 0 Å². The average molecular weight is 206 g/mol. The maximum Gasteiger partial charge on any atom is 0.0472 e. The molecule has 15 heavy (non-hydrogen) atoms. The molecule has 2 N–H and O–H groups in total. The van der Waals surface area contributed by atoms with Crippen LogP contribution in [0.15, 0.2) is 24.3 Å². The molecule has 0 aliphatic carbocycles. The molecule has 1 aliphatic heterocycles. The normalized spacial score (nSPS) is 16.7. The number of hydrogen-bond acceptors (Lipinski definition) is 3. The van der Waals surface area contributed by atoms with E-state index in [1.54, 1.807) is 0 Å². The molecule has 0 aromatic heterocycles. The second-order valence-electron chi connectivity index (χ2n) is 3.84. The van der Waals surface area contributed by atoms with Crippen LogP contribution in [0.1, 0.15) is 5.56 Å². The van der Waals surface area contributed by atoms with Crippen LogP contribution in [0.2, 0.25) is 0 Å². The highest BCUT2D eigenvalue weighted by Gasteiger charge is 2.12. The number of benzene rings is 1. The Balaban J connectivity index is 2.17. The Labute approximate surface area is 90.7 Å². The fraction of sp³-hybridized carbons (Fsp3) is 0.500. The number of rotatable bonds is 3. The van der Waals surface area contributed by atoms with Gasteiger partial charge < -0.3 is 15.3 Å². The van der Waals surface area contributed by atoms with Gasteiger partial charge in [-0.2, -0.15) is 0 Å². The quantitative estimate of drug-likeness (QED) is 0.761. The average Bonchev–Trinajstić information content (AvgIpc) is 2.31. The van der Waals surface area contributed by atoms with Crippen LogP contribution in [0.3, 0.4) is 0 Å². The molecular formula is C12H18N2O. The van der Waals surface area contributed by atoms with Gasteiger partial charge in [0.15, 0.2) is 0 Å². The zero-order valence-corrected chi connectivity index (χ0v) is 8.95. The number of aliphatic hydroxyl groups excluding tert-OH is 1. The van der Waals surface area contributed by atoms with Gasteiger partial charge in [0.2, 0.25) is 0 Å². The van der Waals surface area contributed by atoms with Crippen molar-refractivity contribution < 1.29 is 5.11 Å². The highest BCUT2D eigenvalue weighted by Crippen LogP contribution is 2.20. The summed E-state index contributed by atoms with van der Waals surface area (Å²) < 4.78 is 0. The van der Waals surface area contributed by atoms with Crippen LogP contribution in [0.25, 0.3) is 0 Å². The number of aliphatic hydroxyl groups is 1. The second-order valence-corrected chi connectivity index (χ2v) is 3.84. The number of hydrogen-bond donors (Lipinski definition) is 2. The van der Waals surface area contributed by atoms with Gasteiger partial charge >= 0.3 is 0 Å². The van der Waals surface area contributed by atoms with E-state index in [-0.39, 0.29) is 6.61 Å². The maximum absolute atomic E-state index is 9.01. The third-order valence-electron chi connectivity index (χ3n) is 2.83. The molecule has 2 rings (SSSR count). The lowest BCUT2D eigenvalue weighted by atomic mass is 10.1. The minimum absolute atomic E-state index is 0.225. The summed E-state index contributed by atoms with van der Waals surface area (Å²) in [5.41, 5.74) is 2.54. The van der Waals surface area contributed by atoms with Gasteiger partial charge in [-0.25, -0.2) is 0 Å². The molecule has 1 saturated heterocycles. The molecule has 0 unspecified atom stereocenters. The van der Waals surface area contributed by atoms with Crippen LogP contribution < -0.4 is 10.2 Å². The number of nitrogens with one attached hydrogen (secondary N) is 1. The fourth-order valence-electron chi connectivity index (χ4n) is 2.06. The van der Waals surface area contributed by atoms with Crippen LogP contribution in [0.4, 0.5) is 5.69 Å². The molecule has 0 amide bonds. The summed E-state index contributed by atoms with van der Waals surface area (Å²) >= 11 is 0. The van der Waals surface area contributed by atoms with Crippen molar-refractivity contribution in [2.75, 3.05) is 37.7 Å². The summed E-state index contributed by atoms with van der Waals surface area (Å²) in [6.07, 6.45) is 0.750. The monoisotopic (exact) mass is 206 g/mol. The smallest absolute Gasteiger partial charge is 0.0472 e. The number of anilines is 1. The Morgan fingerprint density at radius 3 is 2.67 bits per heavy atom. The van der Waals surface area contributed by atoms with Crippen LogP contribution in [-0.2, 0) is 6.42 Å². The van der Waals surface area contributed by atoms with Gasteiger partial charge in [0.05, 0.1) is 0 Å². The van der Waals surface area contributed by atoms with E-state index >= 15 is 0 Å². The van der Waals surface area contributed by atoms with Crippen molar-refractivity contribution in [3.63, 3.8) is 0 Å². The topological polar surface area (TPSA) is 35.5 Å². The predicted octanol–water partition coefficient (Wildman–Crippen LogP) is 0.631. The lowest BCUT2D eigenvalue weighted by Gasteiger charge is -2.31. The van der Waals surface area contributed by atoms with Crippen molar-refractivity contribution in [2.45, 2.75) is 6.42 Å². The minimum atomic E-state index is 0.225. The Morgan fingerprint density at radius 1 is 1.20 bits per heavy atom. The maximum atomic E-state index is 9.01. The van der Waals surface area contributed by atoms with Crippen molar-refractivity contribution in [2.24, 2.45) is 0 Å².